The molecule has 0 unspecified atom stereocenters. The first-order valence-electron chi connectivity index (χ1n) is 9.02. The summed E-state index contributed by atoms with van der Waals surface area (Å²) in [6.45, 7) is 5.86. The third-order valence-corrected chi connectivity index (χ3v) is 4.80. The van der Waals surface area contributed by atoms with Gasteiger partial charge in [-0.25, -0.2) is 9.97 Å². The molecule has 0 atom stereocenters. The first-order chi connectivity index (χ1) is 12.6. The number of carbonyl (C=O) groups excluding carboxylic acids is 1. The zero-order chi connectivity index (χ0) is 18.1. The topological polar surface area (TPSA) is 58.1 Å². The van der Waals surface area contributed by atoms with Crippen LogP contribution in [-0.4, -0.2) is 29.0 Å². The molecule has 2 heterocycles. The molecule has 1 aromatic heterocycles. The molecule has 3 aromatic rings. The van der Waals surface area contributed by atoms with Crippen LogP contribution in [0.5, 0.6) is 0 Å². The van der Waals surface area contributed by atoms with E-state index in [1.807, 2.05) is 50.2 Å². The molecule has 26 heavy (non-hydrogen) atoms. The Kier molecular flexibility index (Phi) is 4.29. The summed E-state index contributed by atoms with van der Waals surface area (Å²) in [5.41, 5.74) is 4.96. The number of nitrogens with zero attached hydrogens (tertiary/aromatic N) is 3. The largest absolute Gasteiger partial charge is 0.355 e. The van der Waals surface area contributed by atoms with Gasteiger partial charge in [-0.1, -0.05) is 29.8 Å². The van der Waals surface area contributed by atoms with Crippen molar-refractivity contribution in [2.24, 2.45) is 0 Å². The van der Waals surface area contributed by atoms with Crippen LogP contribution < -0.4 is 10.2 Å². The van der Waals surface area contributed by atoms with E-state index in [2.05, 4.69) is 21.3 Å². The lowest BCUT2D eigenvalue weighted by molar-refractivity contribution is 0.102. The van der Waals surface area contributed by atoms with E-state index in [0.29, 0.717) is 11.5 Å². The summed E-state index contributed by atoms with van der Waals surface area (Å²) < 4.78 is 0. The van der Waals surface area contributed by atoms with Gasteiger partial charge in [0.1, 0.15) is 0 Å². The number of aryl methyl sites for hydroxylation is 2. The zero-order valence-electron chi connectivity index (χ0n) is 15.1. The van der Waals surface area contributed by atoms with Crippen LogP contribution >= 0.6 is 0 Å². The average Bonchev–Trinajstić information content (AvgIpc) is 3.17. The maximum atomic E-state index is 13.0. The molecule has 4 rings (SSSR count). The molecular weight excluding hydrogens is 324 g/mol. The lowest BCUT2D eigenvalue weighted by atomic mass is 10.1. The maximum Gasteiger partial charge on any atom is 0.278 e. The van der Waals surface area contributed by atoms with Crippen LogP contribution in [0.1, 0.15) is 34.5 Å². The fourth-order valence-corrected chi connectivity index (χ4v) is 3.43. The second-order valence-electron chi connectivity index (χ2n) is 6.85. The number of amides is 1. The van der Waals surface area contributed by atoms with Gasteiger partial charge in [-0.2, -0.15) is 0 Å². The van der Waals surface area contributed by atoms with Crippen molar-refractivity contribution < 1.29 is 4.79 Å². The summed E-state index contributed by atoms with van der Waals surface area (Å²) in [4.78, 5) is 24.6. The molecule has 1 saturated heterocycles. The number of benzene rings is 2. The fourth-order valence-electron chi connectivity index (χ4n) is 3.43. The number of fused-ring (bicyclic) bond motifs is 1. The Morgan fingerprint density at radius 3 is 2.38 bits per heavy atom. The molecule has 1 N–H and O–H groups in total. The molecule has 132 valence electrons. The van der Waals surface area contributed by atoms with Crippen molar-refractivity contribution in [3.63, 3.8) is 0 Å². The standard InChI is InChI=1S/C21H22N4O/c1-14-9-10-16(15(2)13-14)24-21(26)19-20(25-11-5-6-12-25)23-18-8-4-3-7-17(18)22-19/h3-4,7-10,13H,5-6,11-12H2,1-2H3,(H,24,26). The predicted molar refractivity (Wildman–Crippen MR) is 105 cm³/mol. The van der Waals surface area contributed by atoms with Gasteiger partial charge < -0.3 is 10.2 Å². The minimum atomic E-state index is -0.211. The summed E-state index contributed by atoms with van der Waals surface area (Å²) in [6.07, 6.45) is 2.24. The van der Waals surface area contributed by atoms with E-state index >= 15 is 0 Å². The number of carbonyl (C=O) groups is 1. The van der Waals surface area contributed by atoms with Gasteiger partial charge in [-0.3, -0.25) is 4.79 Å². The van der Waals surface area contributed by atoms with Crippen molar-refractivity contribution in [1.29, 1.82) is 0 Å². The number of aromatic nitrogens is 2. The van der Waals surface area contributed by atoms with Crippen LogP contribution in [0, 0.1) is 13.8 Å². The molecule has 0 saturated carbocycles. The second kappa shape index (κ2) is 6.75. The summed E-state index contributed by atoms with van der Waals surface area (Å²) in [5, 5.41) is 3.01. The number of rotatable bonds is 3. The van der Waals surface area contributed by atoms with Crippen molar-refractivity contribution in [2.45, 2.75) is 26.7 Å². The fraction of sp³-hybridized carbons (Fsp3) is 0.286. The highest BCUT2D eigenvalue weighted by atomic mass is 16.1. The molecule has 0 aliphatic carbocycles. The van der Waals surface area contributed by atoms with Crippen LogP contribution in [0.15, 0.2) is 42.5 Å². The van der Waals surface area contributed by atoms with Crippen molar-refractivity contribution in [3.8, 4) is 0 Å². The van der Waals surface area contributed by atoms with Gasteiger partial charge in [0.15, 0.2) is 11.5 Å². The summed E-state index contributed by atoms with van der Waals surface area (Å²) in [6, 6.07) is 13.7. The molecule has 5 heteroatoms. The highest BCUT2D eigenvalue weighted by molar-refractivity contribution is 6.07. The van der Waals surface area contributed by atoms with Crippen LogP contribution in [-0.2, 0) is 0 Å². The van der Waals surface area contributed by atoms with Crippen LogP contribution in [0.3, 0.4) is 0 Å². The summed E-state index contributed by atoms with van der Waals surface area (Å²) in [5.74, 6) is 0.473. The molecule has 5 nitrogen and oxygen atoms in total. The quantitative estimate of drug-likeness (QED) is 0.776. The second-order valence-corrected chi connectivity index (χ2v) is 6.85. The first kappa shape index (κ1) is 16.5. The minimum Gasteiger partial charge on any atom is -0.355 e. The Hall–Kier alpha value is -2.95. The molecule has 1 aliphatic heterocycles. The van der Waals surface area contributed by atoms with Gasteiger partial charge in [0, 0.05) is 18.8 Å². The van der Waals surface area contributed by atoms with Gasteiger partial charge in [0.25, 0.3) is 5.91 Å². The van der Waals surface area contributed by atoms with Gasteiger partial charge >= 0.3 is 0 Å². The lowest BCUT2D eigenvalue weighted by Gasteiger charge is -2.20. The zero-order valence-corrected chi connectivity index (χ0v) is 15.1. The molecule has 1 amide bonds. The molecule has 0 spiro atoms. The van der Waals surface area contributed by atoms with Crippen molar-refractivity contribution in [1.82, 2.24) is 9.97 Å². The molecule has 0 bridgehead atoms. The van der Waals surface area contributed by atoms with Crippen molar-refractivity contribution in [3.05, 3.63) is 59.3 Å². The molecular formula is C21H22N4O. The van der Waals surface area contributed by atoms with Gasteiger partial charge in [-0.15, -0.1) is 0 Å². The van der Waals surface area contributed by atoms with E-state index < -0.39 is 0 Å². The van der Waals surface area contributed by atoms with Crippen LogP contribution in [0.25, 0.3) is 11.0 Å². The van der Waals surface area contributed by atoms with Crippen LogP contribution in [0.4, 0.5) is 11.5 Å². The Bertz CT molecular complexity index is 977. The minimum absolute atomic E-state index is 0.211. The molecule has 2 aromatic carbocycles. The van der Waals surface area contributed by atoms with Gasteiger partial charge in [0.05, 0.1) is 11.0 Å². The first-order valence-corrected chi connectivity index (χ1v) is 9.02. The number of para-hydroxylation sites is 2. The van der Waals surface area contributed by atoms with Gasteiger partial charge in [-0.05, 0) is 50.5 Å². The summed E-state index contributed by atoms with van der Waals surface area (Å²) in [7, 11) is 0. The highest BCUT2D eigenvalue weighted by Gasteiger charge is 2.23. The van der Waals surface area contributed by atoms with E-state index in [9.17, 15) is 4.79 Å². The van der Waals surface area contributed by atoms with E-state index in [-0.39, 0.29) is 5.91 Å². The van der Waals surface area contributed by atoms with Gasteiger partial charge in [0.2, 0.25) is 0 Å². The predicted octanol–water partition coefficient (Wildman–Crippen LogP) is 4.10. The Morgan fingerprint density at radius 1 is 1.00 bits per heavy atom. The SMILES string of the molecule is Cc1ccc(NC(=O)c2nc3ccccc3nc2N2CCCC2)c(C)c1. The average molecular weight is 346 g/mol. The number of hydrogen-bond acceptors (Lipinski definition) is 4. The van der Waals surface area contributed by atoms with Crippen molar-refractivity contribution in [2.75, 3.05) is 23.3 Å². The van der Waals surface area contributed by atoms with E-state index in [1.54, 1.807) is 0 Å². The third-order valence-electron chi connectivity index (χ3n) is 4.80. The smallest absolute Gasteiger partial charge is 0.278 e. The monoisotopic (exact) mass is 346 g/mol. The molecule has 1 fully saturated rings. The van der Waals surface area contributed by atoms with Crippen LogP contribution in [0.2, 0.25) is 0 Å². The van der Waals surface area contributed by atoms with E-state index in [4.69, 9.17) is 4.98 Å². The van der Waals surface area contributed by atoms with Crippen molar-refractivity contribution >= 4 is 28.4 Å². The molecule has 1 aliphatic rings. The number of nitrogens with one attached hydrogen (secondary N) is 1. The summed E-state index contributed by atoms with van der Waals surface area (Å²) >= 11 is 0. The maximum absolute atomic E-state index is 13.0. The highest BCUT2D eigenvalue weighted by Crippen LogP contribution is 2.25. The third kappa shape index (κ3) is 3.12. The van der Waals surface area contributed by atoms with E-state index in [0.717, 1.165) is 48.2 Å². The molecule has 0 radical (unpaired) electrons. The number of anilines is 2. The lowest BCUT2D eigenvalue weighted by Crippen LogP contribution is -2.25. The Morgan fingerprint density at radius 2 is 1.69 bits per heavy atom. The van der Waals surface area contributed by atoms with E-state index in [1.165, 1.54) is 5.56 Å². The Labute approximate surface area is 153 Å². The normalized spacial score (nSPS) is 14.0. The number of hydrogen-bond donors (Lipinski definition) is 1. The Balaban J connectivity index is 1.75.